The summed E-state index contributed by atoms with van der Waals surface area (Å²) in [5.74, 6) is 1.76. The molecule has 1 aromatic carbocycles. The smallest absolute Gasteiger partial charge is 0.229 e. The lowest BCUT2D eigenvalue weighted by atomic mass is 10.1. The molecule has 100 valence electrons. The van der Waals surface area contributed by atoms with Crippen LogP contribution in [0.25, 0.3) is 0 Å². The van der Waals surface area contributed by atoms with Gasteiger partial charge in [0, 0.05) is 25.7 Å². The van der Waals surface area contributed by atoms with Crippen LogP contribution in [-0.4, -0.2) is 24.2 Å². The van der Waals surface area contributed by atoms with Crippen molar-refractivity contribution in [3.8, 4) is 0 Å². The van der Waals surface area contributed by atoms with Gasteiger partial charge in [0.05, 0.1) is 6.04 Å². The molecule has 19 heavy (non-hydrogen) atoms. The van der Waals surface area contributed by atoms with Crippen LogP contribution >= 0.6 is 0 Å². The summed E-state index contributed by atoms with van der Waals surface area (Å²) in [4.78, 5) is 6.44. The Bertz CT molecular complexity index is 557. The van der Waals surface area contributed by atoms with Gasteiger partial charge in [-0.15, -0.1) is 0 Å². The van der Waals surface area contributed by atoms with Gasteiger partial charge in [0.2, 0.25) is 5.89 Å². The van der Waals surface area contributed by atoms with E-state index in [9.17, 15) is 0 Å². The summed E-state index contributed by atoms with van der Waals surface area (Å²) in [5, 5.41) is 3.99. The van der Waals surface area contributed by atoms with E-state index in [1.807, 2.05) is 38.4 Å². The second-order valence-electron chi connectivity index (χ2n) is 5.23. The quantitative estimate of drug-likeness (QED) is 0.909. The second-order valence-corrected chi connectivity index (χ2v) is 5.23. The maximum Gasteiger partial charge on any atom is 0.229 e. The number of nitrogens with zero attached hydrogens (tertiary/aromatic N) is 3. The molecular formula is C14H18N4O. The maximum absolute atomic E-state index is 6.18. The molecule has 2 aromatic rings. The van der Waals surface area contributed by atoms with Gasteiger partial charge in [-0.3, -0.25) is 0 Å². The summed E-state index contributed by atoms with van der Waals surface area (Å²) >= 11 is 0. The Balaban J connectivity index is 1.79. The van der Waals surface area contributed by atoms with E-state index in [1.165, 1.54) is 0 Å². The van der Waals surface area contributed by atoms with E-state index in [4.69, 9.17) is 10.3 Å². The van der Waals surface area contributed by atoms with Crippen LogP contribution in [0.2, 0.25) is 0 Å². The zero-order valence-electron chi connectivity index (χ0n) is 11.2. The fraction of sp³-hybridized carbons (Fsp3) is 0.429. The van der Waals surface area contributed by atoms with Crippen LogP contribution in [0, 0.1) is 0 Å². The van der Waals surface area contributed by atoms with Gasteiger partial charge in [0.25, 0.3) is 0 Å². The molecule has 0 radical (unpaired) electrons. The van der Waals surface area contributed by atoms with Gasteiger partial charge in [0.15, 0.2) is 5.82 Å². The molecule has 0 aliphatic heterocycles. The molecule has 5 heteroatoms. The third-order valence-electron chi connectivity index (χ3n) is 3.43. The highest BCUT2D eigenvalue weighted by Gasteiger charge is 2.30. The van der Waals surface area contributed by atoms with E-state index in [0.29, 0.717) is 11.7 Å². The molecule has 1 aliphatic carbocycles. The first-order chi connectivity index (χ1) is 9.15. The van der Waals surface area contributed by atoms with Crippen molar-refractivity contribution in [3.63, 3.8) is 0 Å². The highest BCUT2D eigenvalue weighted by atomic mass is 16.5. The van der Waals surface area contributed by atoms with Gasteiger partial charge < -0.3 is 15.2 Å². The minimum atomic E-state index is -0.326. The Labute approximate surface area is 112 Å². The first-order valence-electron chi connectivity index (χ1n) is 6.51. The molecule has 1 atom stereocenters. The molecule has 5 nitrogen and oxygen atoms in total. The number of aromatic nitrogens is 2. The highest BCUT2D eigenvalue weighted by Crippen LogP contribution is 2.39. The Hall–Kier alpha value is -1.88. The predicted molar refractivity (Wildman–Crippen MR) is 73.1 cm³/mol. The van der Waals surface area contributed by atoms with Crippen molar-refractivity contribution in [1.82, 2.24) is 10.1 Å². The zero-order chi connectivity index (χ0) is 13.4. The van der Waals surface area contributed by atoms with Gasteiger partial charge in [-0.2, -0.15) is 4.98 Å². The Morgan fingerprint density at radius 1 is 1.26 bits per heavy atom. The molecule has 0 saturated heterocycles. The summed E-state index contributed by atoms with van der Waals surface area (Å²) < 4.78 is 5.24. The van der Waals surface area contributed by atoms with Crippen LogP contribution in [-0.2, 0) is 0 Å². The average molecular weight is 258 g/mol. The molecule has 0 bridgehead atoms. The van der Waals surface area contributed by atoms with Crippen LogP contribution in [0.15, 0.2) is 28.8 Å². The van der Waals surface area contributed by atoms with Crippen molar-refractivity contribution in [2.75, 3.05) is 19.0 Å². The third-order valence-corrected chi connectivity index (χ3v) is 3.43. The lowest BCUT2D eigenvalue weighted by molar-refractivity contribution is 0.372. The monoisotopic (exact) mass is 258 g/mol. The van der Waals surface area contributed by atoms with Crippen LogP contribution in [0.4, 0.5) is 5.69 Å². The van der Waals surface area contributed by atoms with Crippen LogP contribution in [0.1, 0.15) is 42.1 Å². The SMILES string of the molecule is CN(C)c1ccc(C(N)c2noc(C3CC3)n2)cc1. The molecular weight excluding hydrogens is 240 g/mol. The molecule has 3 rings (SSSR count). The van der Waals surface area contributed by atoms with Crippen molar-refractivity contribution in [1.29, 1.82) is 0 Å². The Kier molecular flexibility index (Phi) is 2.98. The molecule has 0 spiro atoms. The Morgan fingerprint density at radius 3 is 2.53 bits per heavy atom. The number of anilines is 1. The molecule has 2 N–H and O–H groups in total. The normalized spacial score (nSPS) is 16.4. The van der Waals surface area contributed by atoms with Gasteiger partial charge in [-0.1, -0.05) is 17.3 Å². The van der Waals surface area contributed by atoms with E-state index in [0.717, 1.165) is 30.0 Å². The summed E-state index contributed by atoms with van der Waals surface area (Å²) in [5.41, 5.74) is 8.31. The van der Waals surface area contributed by atoms with Crippen molar-refractivity contribution in [3.05, 3.63) is 41.5 Å². The summed E-state index contributed by atoms with van der Waals surface area (Å²) in [7, 11) is 4.02. The third kappa shape index (κ3) is 2.46. The minimum absolute atomic E-state index is 0.326. The molecule has 0 amide bonds. The maximum atomic E-state index is 6.18. The topological polar surface area (TPSA) is 68.2 Å². The van der Waals surface area contributed by atoms with Crippen LogP contribution < -0.4 is 10.6 Å². The minimum Gasteiger partial charge on any atom is -0.378 e. The van der Waals surface area contributed by atoms with Gasteiger partial charge in [0.1, 0.15) is 0 Å². The van der Waals surface area contributed by atoms with Crippen molar-refractivity contribution in [2.45, 2.75) is 24.8 Å². The van der Waals surface area contributed by atoms with Crippen molar-refractivity contribution < 1.29 is 4.52 Å². The first kappa shape index (κ1) is 12.2. The number of hydrogen-bond donors (Lipinski definition) is 1. The zero-order valence-corrected chi connectivity index (χ0v) is 11.2. The van der Waals surface area contributed by atoms with Crippen LogP contribution in [0.5, 0.6) is 0 Å². The molecule has 1 saturated carbocycles. The molecule has 1 aromatic heterocycles. The van der Waals surface area contributed by atoms with E-state index in [2.05, 4.69) is 15.0 Å². The van der Waals surface area contributed by atoms with E-state index >= 15 is 0 Å². The van der Waals surface area contributed by atoms with Crippen LogP contribution in [0.3, 0.4) is 0 Å². The molecule has 1 heterocycles. The van der Waals surface area contributed by atoms with Crippen molar-refractivity contribution >= 4 is 5.69 Å². The largest absolute Gasteiger partial charge is 0.378 e. The highest BCUT2D eigenvalue weighted by molar-refractivity contribution is 5.47. The van der Waals surface area contributed by atoms with E-state index in [1.54, 1.807) is 0 Å². The fourth-order valence-corrected chi connectivity index (χ4v) is 2.00. The fourth-order valence-electron chi connectivity index (χ4n) is 2.00. The molecule has 1 unspecified atom stereocenters. The second kappa shape index (κ2) is 4.66. The average Bonchev–Trinajstić information content (AvgIpc) is 3.16. The predicted octanol–water partition coefficient (Wildman–Crippen LogP) is 2.06. The first-order valence-corrected chi connectivity index (χ1v) is 6.51. The summed E-state index contributed by atoms with van der Waals surface area (Å²) in [6.45, 7) is 0. The summed E-state index contributed by atoms with van der Waals surface area (Å²) in [6, 6.07) is 7.77. The molecule has 1 fully saturated rings. The lowest BCUT2D eigenvalue weighted by Crippen LogP contribution is -2.14. The molecule has 1 aliphatic rings. The lowest BCUT2D eigenvalue weighted by Gasteiger charge is -2.14. The number of rotatable bonds is 4. The summed E-state index contributed by atoms with van der Waals surface area (Å²) in [6.07, 6.45) is 2.29. The van der Waals surface area contributed by atoms with Crippen molar-refractivity contribution in [2.24, 2.45) is 5.73 Å². The number of hydrogen-bond acceptors (Lipinski definition) is 5. The number of nitrogens with two attached hydrogens (primary N) is 1. The van der Waals surface area contributed by atoms with Gasteiger partial charge >= 0.3 is 0 Å². The number of benzene rings is 1. The van der Waals surface area contributed by atoms with E-state index in [-0.39, 0.29) is 6.04 Å². The standard InChI is InChI=1S/C14H18N4O/c1-18(2)11-7-5-9(6-8-11)12(15)13-16-14(19-17-13)10-3-4-10/h5-8,10,12H,3-4,15H2,1-2H3. The van der Waals surface area contributed by atoms with Gasteiger partial charge in [-0.25, -0.2) is 0 Å². The van der Waals surface area contributed by atoms with Gasteiger partial charge in [-0.05, 0) is 30.5 Å². The Morgan fingerprint density at radius 2 is 1.95 bits per heavy atom. The van der Waals surface area contributed by atoms with E-state index < -0.39 is 0 Å².